The van der Waals surface area contributed by atoms with Crippen molar-refractivity contribution < 1.29 is 13.2 Å². The van der Waals surface area contributed by atoms with Crippen LogP contribution >= 0.6 is 0 Å². The molecular weight excluding hydrogens is 213 g/mol. The average molecular weight is 230 g/mol. The Morgan fingerprint density at radius 2 is 1.69 bits per heavy atom. The lowest BCUT2D eigenvalue weighted by Crippen LogP contribution is -2.05. The van der Waals surface area contributed by atoms with Gasteiger partial charge in [-0.25, -0.2) is 0 Å². The maximum Gasteiger partial charge on any atom is 0.416 e. The number of benzene rings is 1. The SMILES string of the molecule is CCCC[C@H](C)c1ccc(C(F)(F)F)cc1. The molecule has 0 amide bonds. The highest BCUT2D eigenvalue weighted by molar-refractivity contribution is 5.26. The molecule has 0 aromatic heterocycles. The molecule has 0 N–H and O–H groups in total. The molecule has 0 aliphatic heterocycles. The lowest BCUT2D eigenvalue weighted by molar-refractivity contribution is -0.137. The van der Waals surface area contributed by atoms with Gasteiger partial charge in [-0.15, -0.1) is 0 Å². The molecule has 0 aliphatic carbocycles. The Kier molecular flexibility index (Phi) is 4.39. The van der Waals surface area contributed by atoms with Crippen LogP contribution in [0.4, 0.5) is 13.2 Å². The van der Waals surface area contributed by atoms with E-state index in [-0.39, 0.29) is 0 Å². The van der Waals surface area contributed by atoms with E-state index in [0.717, 1.165) is 37.0 Å². The summed E-state index contributed by atoms with van der Waals surface area (Å²) in [5, 5.41) is 0. The van der Waals surface area contributed by atoms with Gasteiger partial charge in [-0.3, -0.25) is 0 Å². The number of unbranched alkanes of at least 4 members (excludes halogenated alkanes) is 1. The minimum absolute atomic E-state index is 0.335. The molecule has 0 fully saturated rings. The monoisotopic (exact) mass is 230 g/mol. The Hall–Kier alpha value is -0.990. The summed E-state index contributed by atoms with van der Waals surface area (Å²) < 4.78 is 37.0. The van der Waals surface area contributed by atoms with Gasteiger partial charge in [-0.2, -0.15) is 13.2 Å². The quantitative estimate of drug-likeness (QED) is 0.682. The van der Waals surface area contributed by atoms with E-state index in [4.69, 9.17) is 0 Å². The Morgan fingerprint density at radius 1 is 1.12 bits per heavy atom. The van der Waals surface area contributed by atoms with Crippen LogP contribution in [0.1, 0.15) is 50.2 Å². The van der Waals surface area contributed by atoms with Gasteiger partial charge >= 0.3 is 6.18 Å². The molecule has 0 saturated carbocycles. The van der Waals surface area contributed by atoms with Gasteiger partial charge in [0, 0.05) is 0 Å². The number of hydrogen-bond donors (Lipinski definition) is 0. The van der Waals surface area contributed by atoms with Crippen molar-refractivity contribution in [3.63, 3.8) is 0 Å². The maximum atomic E-state index is 12.3. The number of alkyl halides is 3. The minimum atomic E-state index is -4.23. The second-order valence-corrected chi connectivity index (χ2v) is 4.16. The van der Waals surface area contributed by atoms with Crippen LogP contribution in [0.3, 0.4) is 0 Å². The highest BCUT2D eigenvalue weighted by atomic mass is 19.4. The molecule has 0 bridgehead atoms. The second kappa shape index (κ2) is 5.37. The fraction of sp³-hybridized carbons (Fsp3) is 0.538. The first-order chi connectivity index (χ1) is 7.45. The van der Waals surface area contributed by atoms with E-state index in [0.29, 0.717) is 5.92 Å². The normalized spacial score (nSPS) is 13.8. The molecule has 0 aliphatic rings. The molecule has 1 atom stereocenters. The van der Waals surface area contributed by atoms with E-state index in [1.54, 1.807) is 12.1 Å². The third kappa shape index (κ3) is 3.54. The standard InChI is InChI=1S/C13H17F3/c1-3-4-5-10(2)11-6-8-12(9-7-11)13(14,15)16/h6-10H,3-5H2,1-2H3/t10-/m0/s1. The Labute approximate surface area is 94.5 Å². The van der Waals surface area contributed by atoms with Crippen molar-refractivity contribution >= 4 is 0 Å². The van der Waals surface area contributed by atoms with Crippen LogP contribution in [0.25, 0.3) is 0 Å². The molecule has 16 heavy (non-hydrogen) atoms. The first kappa shape index (κ1) is 13.1. The van der Waals surface area contributed by atoms with Crippen LogP contribution < -0.4 is 0 Å². The summed E-state index contributed by atoms with van der Waals surface area (Å²) in [7, 11) is 0. The maximum absolute atomic E-state index is 12.3. The number of halogens is 3. The smallest absolute Gasteiger partial charge is 0.166 e. The van der Waals surface area contributed by atoms with Crippen LogP contribution in [0.2, 0.25) is 0 Å². The van der Waals surface area contributed by atoms with Crippen LogP contribution in [0.15, 0.2) is 24.3 Å². The summed E-state index contributed by atoms with van der Waals surface area (Å²) in [6.45, 7) is 4.16. The summed E-state index contributed by atoms with van der Waals surface area (Å²) in [5.41, 5.74) is 0.417. The van der Waals surface area contributed by atoms with E-state index >= 15 is 0 Å². The molecule has 90 valence electrons. The van der Waals surface area contributed by atoms with E-state index in [1.807, 2.05) is 0 Å². The average Bonchev–Trinajstić information content (AvgIpc) is 2.25. The van der Waals surface area contributed by atoms with Crippen molar-refractivity contribution in [1.29, 1.82) is 0 Å². The first-order valence-electron chi connectivity index (χ1n) is 5.62. The van der Waals surface area contributed by atoms with Gasteiger partial charge in [-0.1, -0.05) is 38.8 Å². The molecule has 0 nitrogen and oxygen atoms in total. The van der Waals surface area contributed by atoms with Crippen molar-refractivity contribution in [2.75, 3.05) is 0 Å². The number of hydrogen-bond acceptors (Lipinski definition) is 0. The predicted molar refractivity (Wildman–Crippen MR) is 59.4 cm³/mol. The Bertz CT molecular complexity index is 311. The second-order valence-electron chi connectivity index (χ2n) is 4.16. The van der Waals surface area contributed by atoms with Gasteiger partial charge in [0.15, 0.2) is 0 Å². The molecule has 0 unspecified atom stereocenters. The van der Waals surface area contributed by atoms with Crippen LogP contribution in [0.5, 0.6) is 0 Å². The Morgan fingerprint density at radius 3 is 2.12 bits per heavy atom. The summed E-state index contributed by atoms with van der Waals surface area (Å²) in [4.78, 5) is 0. The summed E-state index contributed by atoms with van der Waals surface area (Å²) in [6, 6.07) is 5.50. The molecule has 0 radical (unpaired) electrons. The van der Waals surface area contributed by atoms with Crippen LogP contribution in [-0.2, 0) is 6.18 Å². The fourth-order valence-electron chi connectivity index (χ4n) is 1.68. The summed E-state index contributed by atoms with van der Waals surface area (Å²) >= 11 is 0. The van der Waals surface area contributed by atoms with Crippen molar-refractivity contribution in [3.8, 4) is 0 Å². The lowest BCUT2D eigenvalue weighted by Gasteiger charge is -2.12. The lowest BCUT2D eigenvalue weighted by atomic mass is 9.95. The van der Waals surface area contributed by atoms with Crippen LogP contribution in [-0.4, -0.2) is 0 Å². The molecule has 1 rings (SSSR count). The first-order valence-corrected chi connectivity index (χ1v) is 5.62. The van der Waals surface area contributed by atoms with Gasteiger partial charge < -0.3 is 0 Å². The molecule has 3 heteroatoms. The zero-order valence-electron chi connectivity index (χ0n) is 9.64. The molecule has 0 heterocycles. The van der Waals surface area contributed by atoms with Gasteiger partial charge in [0.2, 0.25) is 0 Å². The summed E-state index contributed by atoms with van der Waals surface area (Å²) in [6.07, 6.45) is -0.972. The van der Waals surface area contributed by atoms with Crippen molar-refractivity contribution in [3.05, 3.63) is 35.4 Å². The molecule has 1 aromatic carbocycles. The van der Waals surface area contributed by atoms with Gasteiger partial charge in [0.05, 0.1) is 5.56 Å². The van der Waals surface area contributed by atoms with Crippen molar-refractivity contribution in [2.45, 2.75) is 45.2 Å². The highest BCUT2D eigenvalue weighted by Gasteiger charge is 2.30. The third-order valence-corrected chi connectivity index (χ3v) is 2.80. The largest absolute Gasteiger partial charge is 0.416 e. The van der Waals surface area contributed by atoms with Crippen molar-refractivity contribution in [1.82, 2.24) is 0 Å². The van der Waals surface area contributed by atoms with E-state index in [1.165, 1.54) is 0 Å². The molecule has 1 aromatic rings. The number of rotatable bonds is 4. The van der Waals surface area contributed by atoms with Crippen LogP contribution in [0, 0.1) is 0 Å². The topological polar surface area (TPSA) is 0 Å². The Balaban J connectivity index is 2.71. The van der Waals surface area contributed by atoms with Gasteiger partial charge in [0.25, 0.3) is 0 Å². The van der Waals surface area contributed by atoms with E-state index in [2.05, 4.69) is 13.8 Å². The summed E-state index contributed by atoms with van der Waals surface area (Å²) in [5.74, 6) is 0.335. The zero-order chi connectivity index (χ0) is 12.2. The molecular formula is C13H17F3. The predicted octanol–water partition coefficient (Wildman–Crippen LogP) is 5.00. The molecule has 0 saturated heterocycles. The third-order valence-electron chi connectivity index (χ3n) is 2.80. The van der Waals surface area contributed by atoms with Crippen molar-refractivity contribution in [2.24, 2.45) is 0 Å². The zero-order valence-corrected chi connectivity index (χ0v) is 9.64. The molecule has 0 spiro atoms. The van der Waals surface area contributed by atoms with E-state index in [9.17, 15) is 13.2 Å². The highest BCUT2D eigenvalue weighted by Crippen LogP contribution is 2.30. The fourth-order valence-corrected chi connectivity index (χ4v) is 1.68. The van der Waals surface area contributed by atoms with E-state index < -0.39 is 11.7 Å². The minimum Gasteiger partial charge on any atom is -0.166 e. The van der Waals surface area contributed by atoms with Gasteiger partial charge in [-0.05, 0) is 30.0 Å². The van der Waals surface area contributed by atoms with Gasteiger partial charge in [0.1, 0.15) is 0 Å².